The van der Waals surface area contributed by atoms with Crippen LogP contribution in [-0.2, 0) is 0 Å². The van der Waals surface area contributed by atoms with E-state index in [-0.39, 0.29) is 0 Å². The van der Waals surface area contributed by atoms with Gasteiger partial charge in [0.15, 0.2) is 0 Å². The van der Waals surface area contributed by atoms with E-state index in [1.807, 2.05) is 19.1 Å². The summed E-state index contributed by atoms with van der Waals surface area (Å²) in [5.41, 5.74) is 0.691. The monoisotopic (exact) mass is 178 g/mol. The molecule has 3 heteroatoms. The average Bonchev–Trinajstić information content (AvgIpc) is 2.14. The smallest absolute Gasteiger partial charge is 0.0992 e. The second-order valence-corrected chi connectivity index (χ2v) is 3.64. The van der Waals surface area contributed by atoms with E-state index in [2.05, 4.69) is 9.88 Å². The highest BCUT2D eigenvalue weighted by atomic mass is 16.3. The second kappa shape index (κ2) is 3.00. The molecule has 1 aliphatic heterocycles. The Bertz CT molecular complexity index is 280. The lowest BCUT2D eigenvalue weighted by molar-refractivity contribution is 0.00852. The SMILES string of the molecule is CCC1(O)CN(c2ccncc2)C1. The van der Waals surface area contributed by atoms with Crippen LogP contribution in [0.2, 0.25) is 0 Å². The molecule has 70 valence electrons. The van der Waals surface area contributed by atoms with E-state index < -0.39 is 5.60 Å². The van der Waals surface area contributed by atoms with Gasteiger partial charge in [-0.1, -0.05) is 6.92 Å². The molecule has 0 unspecified atom stereocenters. The van der Waals surface area contributed by atoms with Crippen molar-refractivity contribution in [2.45, 2.75) is 18.9 Å². The lowest BCUT2D eigenvalue weighted by Crippen LogP contribution is -2.61. The summed E-state index contributed by atoms with van der Waals surface area (Å²) in [5.74, 6) is 0. The molecule has 0 amide bonds. The summed E-state index contributed by atoms with van der Waals surface area (Å²) >= 11 is 0. The van der Waals surface area contributed by atoms with Crippen molar-refractivity contribution in [2.75, 3.05) is 18.0 Å². The Kier molecular flexibility index (Phi) is 1.96. The van der Waals surface area contributed by atoms with E-state index in [0.717, 1.165) is 25.2 Å². The highest BCUT2D eigenvalue weighted by Crippen LogP contribution is 2.28. The maximum atomic E-state index is 9.79. The fourth-order valence-corrected chi connectivity index (χ4v) is 1.63. The standard InChI is InChI=1S/C10H14N2O/c1-2-10(13)7-12(8-10)9-3-5-11-6-4-9/h3-6,13H,2,7-8H2,1H3. The highest BCUT2D eigenvalue weighted by Gasteiger charge is 2.39. The van der Waals surface area contributed by atoms with Gasteiger partial charge in [0.2, 0.25) is 0 Å². The molecule has 1 aromatic heterocycles. The topological polar surface area (TPSA) is 36.4 Å². The van der Waals surface area contributed by atoms with Crippen molar-refractivity contribution < 1.29 is 5.11 Å². The third-order valence-electron chi connectivity index (χ3n) is 2.66. The van der Waals surface area contributed by atoms with E-state index in [4.69, 9.17) is 0 Å². The number of anilines is 1. The molecule has 3 nitrogen and oxygen atoms in total. The van der Waals surface area contributed by atoms with E-state index in [1.54, 1.807) is 12.4 Å². The number of aliphatic hydroxyl groups is 1. The van der Waals surface area contributed by atoms with Crippen molar-refractivity contribution in [3.8, 4) is 0 Å². The van der Waals surface area contributed by atoms with E-state index in [0.29, 0.717) is 0 Å². The first-order chi connectivity index (χ1) is 6.23. The number of pyridine rings is 1. The number of rotatable bonds is 2. The van der Waals surface area contributed by atoms with Gasteiger partial charge in [-0.15, -0.1) is 0 Å². The lowest BCUT2D eigenvalue weighted by Gasteiger charge is -2.47. The van der Waals surface area contributed by atoms with Crippen LogP contribution in [0.5, 0.6) is 0 Å². The molecule has 1 aromatic rings. The molecule has 1 aliphatic rings. The fourth-order valence-electron chi connectivity index (χ4n) is 1.63. The molecular weight excluding hydrogens is 164 g/mol. The summed E-state index contributed by atoms with van der Waals surface area (Å²) in [6, 6.07) is 3.94. The Balaban J connectivity index is 2.01. The van der Waals surface area contributed by atoms with Crippen LogP contribution in [0.1, 0.15) is 13.3 Å². The van der Waals surface area contributed by atoms with E-state index in [9.17, 15) is 5.11 Å². The Morgan fingerprint density at radius 2 is 2.08 bits per heavy atom. The minimum absolute atomic E-state index is 0.455. The molecule has 0 atom stereocenters. The number of nitrogens with zero attached hydrogens (tertiary/aromatic N) is 2. The van der Waals surface area contributed by atoms with Crippen LogP contribution >= 0.6 is 0 Å². The van der Waals surface area contributed by atoms with Gasteiger partial charge in [0.25, 0.3) is 0 Å². The average molecular weight is 178 g/mol. The third kappa shape index (κ3) is 1.52. The van der Waals surface area contributed by atoms with Crippen LogP contribution < -0.4 is 4.90 Å². The van der Waals surface area contributed by atoms with Gasteiger partial charge in [-0.3, -0.25) is 4.98 Å². The Labute approximate surface area is 78.0 Å². The van der Waals surface area contributed by atoms with Crippen molar-refractivity contribution >= 4 is 5.69 Å². The van der Waals surface area contributed by atoms with Crippen LogP contribution in [0, 0.1) is 0 Å². The molecule has 1 N–H and O–H groups in total. The van der Waals surface area contributed by atoms with Crippen LogP contribution in [0.15, 0.2) is 24.5 Å². The number of β-amino-alcohol motifs (C(OH)–C–C–N with tert-alkyl or cyclic N) is 1. The molecule has 0 saturated carbocycles. The zero-order chi connectivity index (χ0) is 9.31. The minimum Gasteiger partial charge on any atom is -0.386 e. The molecule has 2 heterocycles. The predicted octanol–water partition coefficient (Wildman–Crippen LogP) is 1.04. The molecule has 0 aliphatic carbocycles. The summed E-state index contributed by atoms with van der Waals surface area (Å²) in [6.07, 6.45) is 4.38. The number of hydrogen-bond donors (Lipinski definition) is 1. The van der Waals surface area contributed by atoms with Crippen molar-refractivity contribution in [1.29, 1.82) is 0 Å². The summed E-state index contributed by atoms with van der Waals surface area (Å²) in [7, 11) is 0. The molecule has 0 aromatic carbocycles. The molecule has 0 spiro atoms. The number of hydrogen-bond acceptors (Lipinski definition) is 3. The van der Waals surface area contributed by atoms with Gasteiger partial charge in [-0.05, 0) is 18.6 Å². The second-order valence-electron chi connectivity index (χ2n) is 3.64. The molecule has 1 saturated heterocycles. The van der Waals surface area contributed by atoms with Crippen LogP contribution in [-0.4, -0.2) is 28.8 Å². The first kappa shape index (κ1) is 8.51. The highest BCUT2D eigenvalue weighted by molar-refractivity contribution is 5.48. The molecule has 0 bridgehead atoms. The summed E-state index contributed by atoms with van der Waals surface area (Å²) < 4.78 is 0. The maximum absolute atomic E-state index is 9.79. The van der Waals surface area contributed by atoms with Crippen molar-refractivity contribution in [2.24, 2.45) is 0 Å². The van der Waals surface area contributed by atoms with Gasteiger partial charge < -0.3 is 10.0 Å². The summed E-state index contributed by atoms with van der Waals surface area (Å²) in [5, 5.41) is 9.79. The normalized spacial score (nSPS) is 19.7. The van der Waals surface area contributed by atoms with Gasteiger partial charge in [0.1, 0.15) is 0 Å². The van der Waals surface area contributed by atoms with Crippen molar-refractivity contribution in [1.82, 2.24) is 4.98 Å². The number of aromatic nitrogens is 1. The predicted molar refractivity (Wildman–Crippen MR) is 51.7 cm³/mol. The Morgan fingerprint density at radius 3 is 2.62 bits per heavy atom. The van der Waals surface area contributed by atoms with E-state index in [1.165, 1.54) is 0 Å². The molecule has 13 heavy (non-hydrogen) atoms. The summed E-state index contributed by atoms with van der Waals surface area (Å²) in [6.45, 7) is 3.50. The fraction of sp³-hybridized carbons (Fsp3) is 0.500. The van der Waals surface area contributed by atoms with Crippen molar-refractivity contribution in [3.63, 3.8) is 0 Å². The molecule has 2 rings (SSSR count). The van der Waals surface area contributed by atoms with Crippen LogP contribution in [0.4, 0.5) is 5.69 Å². The third-order valence-corrected chi connectivity index (χ3v) is 2.66. The molecule has 1 fully saturated rings. The first-order valence-corrected chi connectivity index (χ1v) is 4.61. The zero-order valence-corrected chi connectivity index (χ0v) is 7.77. The largest absolute Gasteiger partial charge is 0.386 e. The van der Waals surface area contributed by atoms with Crippen LogP contribution in [0.25, 0.3) is 0 Å². The Hall–Kier alpha value is -1.09. The minimum atomic E-state index is -0.455. The maximum Gasteiger partial charge on any atom is 0.0992 e. The zero-order valence-electron chi connectivity index (χ0n) is 7.77. The van der Waals surface area contributed by atoms with Crippen LogP contribution in [0.3, 0.4) is 0 Å². The van der Waals surface area contributed by atoms with Gasteiger partial charge in [-0.25, -0.2) is 0 Å². The quantitative estimate of drug-likeness (QED) is 0.735. The van der Waals surface area contributed by atoms with E-state index >= 15 is 0 Å². The Morgan fingerprint density at radius 1 is 1.46 bits per heavy atom. The van der Waals surface area contributed by atoms with Gasteiger partial charge >= 0.3 is 0 Å². The first-order valence-electron chi connectivity index (χ1n) is 4.61. The van der Waals surface area contributed by atoms with Crippen molar-refractivity contribution in [3.05, 3.63) is 24.5 Å². The summed E-state index contributed by atoms with van der Waals surface area (Å²) in [4.78, 5) is 6.11. The lowest BCUT2D eigenvalue weighted by atomic mass is 9.91. The van der Waals surface area contributed by atoms with Gasteiger partial charge in [-0.2, -0.15) is 0 Å². The molecular formula is C10H14N2O. The molecule has 0 radical (unpaired) electrons. The van der Waals surface area contributed by atoms with Gasteiger partial charge in [0, 0.05) is 31.2 Å². The van der Waals surface area contributed by atoms with Gasteiger partial charge in [0.05, 0.1) is 5.60 Å².